The standard InChI is InChI=1S/C43H46N10O9/c1-24(2)48-29-19-31(50-34(20-29)52-15-12-27-18-25(21-44)22-47-38(27)52)40(57)49-28-8-6-26(7-9-28)39(56)46-14-17-61-16-13-45-36(55)23-62-33-5-3-4-30-37(33)43(60)53(42(30)59)32-10-11-35(54)51-41(32)58/h3-5,12,15,18-20,22,24,26,28,32H,6-11,13-14,16-17,23H2,1-2H3,(H,45,55)(H,46,56)(H,48,50)(H,49,57)(H,51,54,58). The first-order chi connectivity index (χ1) is 29.9. The fraction of sp³-hybridized carbons (Fsp3) is 0.395. The first-order valence-corrected chi connectivity index (χ1v) is 20.5. The third-order valence-electron chi connectivity index (χ3n) is 10.7. The van der Waals surface area contributed by atoms with Gasteiger partial charge in [-0.1, -0.05) is 6.07 Å². The summed E-state index contributed by atoms with van der Waals surface area (Å²) in [6.45, 7) is 4.35. The van der Waals surface area contributed by atoms with Crippen molar-refractivity contribution in [3.63, 3.8) is 0 Å². The minimum Gasteiger partial charge on any atom is -0.483 e. The average molecular weight is 847 g/mol. The fourth-order valence-corrected chi connectivity index (χ4v) is 7.76. The average Bonchev–Trinajstić information content (AvgIpc) is 3.79. The smallest absolute Gasteiger partial charge is 0.270 e. The molecule has 1 unspecified atom stereocenters. The van der Waals surface area contributed by atoms with E-state index < -0.39 is 42.2 Å². The van der Waals surface area contributed by atoms with Crippen molar-refractivity contribution in [2.24, 2.45) is 5.92 Å². The Balaban J connectivity index is 0.798. The zero-order chi connectivity index (χ0) is 43.9. The number of nitrogens with zero attached hydrogens (tertiary/aromatic N) is 5. The lowest BCUT2D eigenvalue weighted by Gasteiger charge is -2.28. The molecule has 7 rings (SSSR count). The molecule has 5 heterocycles. The van der Waals surface area contributed by atoms with E-state index in [1.54, 1.807) is 22.9 Å². The van der Waals surface area contributed by atoms with Gasteiger partial charge >= 0.3 is 0 Å². The van der Waals surface area contributed by atoms with Crippen molar-refractivity contribution in [1.29, 1.82) is 5.26 Å². The van der Waals surface area contributed by atoms with Crippen LogP contribution in [0.5, 0.6) is 5.75 Å². The molecular weight excluding hydrogens is 801 g/mol. The number of carbonyl (C=O) groups is 7. The Morgan fingerprint density at radius 1 is 0.968 bits per heavy atom. The summed E-state index contributed by atoms with van der Waals surface area (Å²) >= 11 is 0. The molecule has 4 aromatic rings. The van der Waals surface area contributed by atoms with Gasteiger partial charge in [-0.25, -0.2) is 9.97 Å². The van der Waals surface area contributed by atoms with E-state index in [4.69, 9.17) is 9.47 Å². The molecule has 1 saturated carbocycles. The van der Waals surface area contributed by atoms with Gasteiger partial charge in [-0.2, -0.15) is 5.26 Å². The molecule has 1 atom stereocenters. The van der Waals surface area contributed by atoms with Crippen molar-refractivity contribution in [2.75, 3.05) is 38.2 Å². The van der Waals surface area contributed by atoms with Gasteiger partial charge in [0, 0.05) is 67.0 Å². The topological polar surface area (TPSA) is 256 Å². The van der Waals surface area contributed by atoms with Crippen LogP contribution in [0.4, 0.5) is 5.69 Å². The summed E-state index contributed by atoms with van der Waals surface area (Å²) in [6.07, 6.45) is 5.75. The Morgan fingerprint density at radius 3 is 2.48 bits per heavy atom. The van der Waals surface area contributed by atoms with Crippen LogP contribution in [0.15, 0.2) is 54.9 Å². The zero-order valence-electron chi connectivity index (χ0n) is 34.2. The Hall–Kier alpha value is -7.20. The Kier molecular flexibility index (Phi) is 13.2. The minimum atomic E-state index is -1.12. The number of rotatable bonds is 16. The van der Waals surface area contributed by atoms with Crippen LogP contribution < -0.4 is 31.3 Å². The second kappa shape index (κ2) is 19.0. The number of anilines is 1. The van der Waals surface area contributed by atoms with Crippen molar-refractivity contribution in [1.82, 2.24) is 40.7 Å². The first-order valence-electron chi connectivity index (χ1n) is 20.5. The summed E-state index contributed by atoms with van der Waals surface area (Å²) in [7, 11) is 0. The molecule has 1 aromatic carbocycles. The normalized spacial score (nSPS) is 18.5. The molecule has 322 valence electrons. The van der Waals surface area contributed by atoms with Gasteiger partial charge in [-0.05, 0) is 76.3 Å². The summed E-state index contributed by atoms with van der Waals surface area (Å²) in [4.78, 5) is 99.0. The zero-order valence-corrected chi connectivity index (χ0v) is 34.2. The van der Waals surface area contributed by atoms with E-state index in [0.717, 1.165) is 16.0 Å². The third kappa shape index (κ3) is 9.71. The number of carbonyl (C=O) groups excluding carboxylic acids is 7. The number of imide groups is 2. The molecule has 0 spiro atoms. The number of aromatic nitrogens is 3. The maximum atomic E-state index is 13.5. The van der Waals surface area contributed by atoms with Crippen molar-refractivity contribution in [3.8, 4) is 17.6 Å². The van der Waals surface area contributed by atoms with E-state index in [9.17, 15) is 38.8 Å². The minimum absolute atomic E-state index is 0.00700. The van der Waals surface area contributed by atoms with E-state index in [1.165, 1.54) is 24.4 Å². The predicted molar refractivity (Wildman–Crippen MR) is 221 cm³/mol. The largest absolute Gasteiger partial charge is 0.483 e. The quantitative estimate of drug-likeness (QED) is 0.0802. The van der Waals surface area contributed by atoms with Gasteiger partial charge < -0.3 is 30.7 Å². The molecule has 2 aliphatic heterocycles. The molecule has 7 amide bonds. The summed E-state index contributed by atoms with van der Waals surface area (Å²) in [5, 5.41) is 24.2. The van der Waals surface area contributed by atoms with E-state index >= 15 is 0 Å². The molecular formula is C43H46N10O9. The number of nitrogens with one attached hydrogen (secondary N) is 5. The highest BCUT2D eigenvalue weighted by molar-refractivity contribution is 6.24. The van der Waals surface area contributed by atoms with Crippen LogP contribution in [0.3, 0.4) is 0 Å². The molecule has 19 nitrogen and oxygen atoms in total. The van der Waals surface area contributed by atoms with Crippen molar-refractivity contribution in [2.45, 2.75) is 70.5 Å². The maximum Gasteiger partial charge on any atom is 0.270 e. The Morgan fingerprint density at radius 2 is 1.74 bits per heavy atom. The molecule has 3 aromatic heterocycles. The molecule has 62 heavy (non-hydrogen) atoms. The van der Waals surface area contributed by atoms with Crippen LogP contribution in [-0.4, -0.2) is 112 Å². The lowest BCUT2D eigenvalue weighted by atomic mass is 9.85. The van der Waals surface area contributed by atoms with Gasteiger partial charge in [-0.3, -0.25) is 48.3 Å². The lowest BCUT2D eigenvalue weighted by Crippen LogP contribution is -2.54. The number of piperidine rings is 1. The van der Waals surface area contributed by atoms with E-state index in [1.807, 2.05) is 26.0 Å². The summed E-state index contributed by atoms with van der Waals surface area (Å²) in [6, 6.07) is 12.5. The van der Waals surface area contributed by atoms with Crippen LogP contribution in [-0.2, 0) is 23.9 Å². The first kappa shape index (κ1) is 42.9. The van der Waals surface area contributed by atoms with Crippen LogP contribution in [0.1, 0.15) is 89.1 Å². The maximum absolute atomic E-state index is 13.5. The van der Waals surface area contributed by atoms with E-state index in [-0.39, 0.29) is 91.5 Å². The number of amides is 7. The van der Waals surface area contributed by atoms with Crippen molar-refractivity contribution < 1.29 is 43.0 Å². The summed E-state index contributed by atoms with van der Waals surface area (Å²) < 4.78 is 12.9. The lowest BCUT2D eigenvalue weighted by molar-refractivity contribution is -0.136. The number of nitriles is 1. The highest BCUT2D eigenvalue weighted by atomic mass is 16.5. The third-order valence-corrected chi connectivity index (χ3v) is 10.7. The summed E-state index contributed by atoms with van der Waals surface area (Å²) in [5.41, 5.74) is 2.00. The molecule has 2 fully saturated rings. The number of ether oxygens (including phenoxy) is 2. The van der Waals surface area contributed by atoms with Crippen LogP contribution in [0, 0.1) is 17.2 Å². The highest BCUT2D eigenvalue weighted by Gasteiger charge is 2.46. The fourth-order valence-electron chi connectivity index (χ4n) is 7.76. The van der Waals surface area contributed by atoms with Crippen LogP contribution >= 0.6 is 0 Å². The highest BCUT2D eigenvalue weighted by Crippen LogP contribution is 2.34. The molecule has 3 aliphatic rings. The monoisotopic (exact) mass is 846 g/mol. The molecule has 0 bridgehead atoms. The number of hydrogen-bond acceptors (Lipinski definition) is 13. The molecule has 0 radical (unpaired) electrons. The molecule has 1 saturated heterocycles. The molecule has 1 aliphatic carbocycles. The number of fused-ring (bicyclic) bond motifs is 2. The molecule has 5 N–H and O–H groups in total. The van der Waals surface area contributed by atoms with Gasteiger partial charge in [0.2, 0.25) is 17.7 Å². The van der Waals surface area contributed by atoms with Gasteiger partial charge in [-0.15, -0.1) is 0 Å². The second-order valence-corrected chi connectivity index (χ2v) is 15.5. The molecule has 19 heteroatoms. The van der Waals surface area contributed by atoms with Gasteiger partial charge in [0.05, 0.1) is 29.9 Å². The van der Waals surface area contributed by atoms with Crippen molar-refractivity contribution in [3.05, 3.63) is 77.2 Å². The van der Waals surface area contributed by atoms with Gasteiger partial charge in [0.25, 0.3) is 23.6 Å². The van der Waals surface area contributed by atoms with Gasteiger partial charge in [0.1, 0.15) is 35.0 Å². The Labute approximate surface area is 355 Å². The van der Waals surface area contributed by atoms with Gasteiger partial charge in [0.15, 0.2) is 6.61 Å². The predicted octanol–water partition coefficient (Wildman–Crippen LogP) is 2.13. The van der Waals surface area contributed by atoms with E-state index in [0.29, 0.717) is 42.7 Å². The Bertz CT molecular complexity index is 2470. The van der Waals surface area contributed by atoms with Crippen LogP contribution in [0.2, 0.25) is 0 Å². The van der Waals surface area contributed by atoms with E-state index in [2.05, 4.69) is 42.6 Å². The number of hydrogen-bond donors (Lipinski definition) is 5. The second-order valence-electron chi connectivity index (χ2n) is 15.5. The number of pyridine rings is 2. The number of benzene rings is 1. The SMILES string of the molecule is CC(C)Nc1cc(C(=O)NC2CCC(C(=O)NCCOCCNC(=O)COc3cccc4c3C(=O)N(C3CCC(=O)NC3=O)C4=O)CC2)nc(-n2ccc3cc(C#N)cnc32)c1. The van der Waals surface area contributed by atoms with Crippen molar-refractivity contribution >= 4 is 58.1 Å². The van der Waals surface area contributed by atoms with Crippen LogP contribution in [0.25, 0.3) is 16.9 Å². The summed E-state index contributed by atoms with van der Waals surface area (Å²) in [5.74, 6) is -3.22.